The summed E-state index contributed by atoms with van der Waals surface area (Å²) in [4.78, 5) is 26.4. The molecule has 1 saturated carbocycles. The molecule has 0 aromatic rings. The second-order valence-corrected chi connectivity index (χ2v) is 6.05. The fraction of sp³-hybridized carbons (Fsp3) is 0.867. The van der Waals surface area contributed by atoms with Crippen molar-refractivity contribution in [2.24, 2.45) is 11.8 Å². The highest BCUT2D eigenvalue weighted by Gasteiger charge is 2.40. The second-order valence-electron chi connectivity index (χ2n) is 6.05. The molecule has 1 aliphatic carbocycles. The number of rotatable bonds is 4. The SMILES string of the molecule is CCC1NC(=O)C(CC)N(CC2CCCC2C)C1=O. The monoisotopic (exact) mass is 266 g/mol. The summed E-state index contributed by atoms with van der Waals surface area (Å²) < 4.78 is 0. The Morgan fingerprint density at radius 2 is 1.95 bits per heavy atom. The Hall–Kier alpha value is -1.06. The Morgan fingerprint density at radius 3 is 2.47 bits per heavy atom. The molecule has 0 bridgehead atoms. The van der Waals surface area contributed by atoms with Gasteiger partial charge in [-0.3, -0.25) is 9.59 Å². The first kappa shape index (κ1) is 14.4. The molecule has 0 aromatic carbocycles. The van der Waals surface area contributed by atoms with Crippen LogP contribution in [0, 0.1) is 11.8 Å². The maximum Gasteiger partial charge on any atom is 0.245 e. The zero-order valence-corrected chi connectivity index (χ0v) is 12.3. The minimum Gasteiger partial charge on any atom is -0.343 e. The highest BCUT2D eigenvalue weighted by Crippen LogP contribution is 2.33. The molecule has 108 valence electrons. The summed E-state index contributed by atoms with van der Waals surface area (Å²) in [6.07, 6.45) is 5.09. The predicted molar refractivity (Wildman–Crippen MR) is 74.5 cm³/mol. The van der Waals surface area contributed by atoms with Gasteiger partial charge in [0.1, 0.15) is 12.1 Å². The van der Waals surface area contributed by atoms with Gasteiger partial charge in [0.25, 0.3) is 0 Å². The van der Waals surface area contributed by atoms with Crippen LogP contribution in [-0.2, 0) is 9.59 Å². The average Bonchev–Trinajstić information content (AvgIpc) is 2.79. The fourth-order valence-electron chi connectivity index (χ4n) is 3.47. The van der Waals surface area contributed by atoms with Crippen LogP contribution in [0.5, 0.6) is 0 Å². The number of hydrogen-bond acceptors (Lipinski definition) is 2. The molecule has 2 fully saturated rings. The quantitative estimate of drug-likeness (QED) is 0.845. The van der Waals surface area contributed by atoms with E-state index in [4.69, 9.17) is 0 Å². The molecular formula is C15H26N2O2. The van der Waals surface area contributed by atoms with E-state index in [2.05, 4.69) is 12.2 Å². The summed E-state index contributed by atoms with van der Waals surface area (Å²) in [5, 5.41) is 2.85. The van der Waals surface area contributed by atoms with Crippen molar-refractivity contribution in [3.63, 3.8) is 0 Å². The van der Waals surface area contributed by atoms with Gasteiger partial charge < -0.3 is 10.2 Å². The Bertz CT molecular complexity index is 356. The Balaban J connectivity index is 2.12. The number of carbonyl (C=O) groups excluding carboxylic acids is 2. The van der Waals surface area contributed by atoms with E-state index in [1.165, 1.54) is 19.3 Å². The van der Waals surface area contributed by atoms with Gasteiger partial charge in [-0.15, -0.1) is 0 Å². The fourth-order valence-corrected chi connectivity index (χ4v) is 3.47. The molecule has 1 saturated heterocycles. The first-order valence-electron chi connectivity index (χ1n) is 7.69. The summed E-state index contributed by atoms with van der Waals surface area (Å²) in [5.74, 6) is 1.39. The third-order valence-electron chi connectivity index (χ3n) is 4.84. The molecule has 0 radical (unpaired) electrons. The molecule has 1 N–H and O–H groups in total. The normalized spacial score (nSPS) is 35.6. The van der Waals surface area contributed by atoms with Crippen LogP contribution < -0.4 is 5.32 Å². The van der Waals surface area contributed by atoms with E-state index in [0.717, 1.165) is 6.54 Å². The zero-order valence-electron chi connectivity index (χ0n) is 12.3. The molecule has 0 aromatic heterocycles. The van der Waals surface area contributed by atoms with Crippen molar-refractivity contribution in [2.75, 3.05) is 6.54 Å². The zero-order chi connectivity index (χ0) is 14.0. The summed E-state index contributed by atoms with van der Waals surface area (Å²) in [5.41, 5.74) is 0. The molecule has 1 heterocycles. The minimum absolute atomic E-state index is 0.0274. The summed E-state index contributed by atoms with van der Waals surface area (Å²) in [6, 6.07) is -0.574. The molecule has 0 spiro atoms. The summed E-state index contributed by atoms with van der Waals surface area (Å²) >= 11 is 0. The number of carbonyl (C=O) groups is 2. The van der Waals surface area contributed by atoms with E-state index in [0.29, 0.717) is 24.7 Å². The number of nitrogens with one attached hydrogen (secondary N) is 1. The van der Waals surface area contributed by atoms with Gasteiger partial charge in [0.2, 0.25) is 11.8 Å². The van der Waals surface area contributed by atoms with Gasteiger partial charge in [-0.25, -0.2) is 0 Å². The van der Waals surface area contributed by atoms with Crippen LogP contribution in [0.4, 0.5) is 0 Å². The molecule has 4 unspecified atom stereocenters. The number of piperazine rings is 1. The van der Waals surface area contributed by atoms with E-state index in [1.807, 2.05) is 18.7 Å². The Morgan fingerprint density at radius 1 is 1.21 bits per heavy atom. The highest BCUT2D eigenvalue weighted by molar-refractivity contribution is 5.96. The molecule has 2 rings (SSSR count). The summed E-state index contributed by atoms with van der Waals surface area (Å²) in [6.45, 7) is 6.97. The molecular weight excluding hydrogens is 240 g/mol. The lowest BCUT2D eigenvalue weighted by Crippen LogP contribution is -2.63. The van der Waals surface area contributed by atoms with Gasteiger partial charge in [-0.2, -0.15) is 0 Å². The van der Waals surface area contributed by atoms with Crippen molar-refractivity contribution in [1.82, 2.24) is 10.2 Å². The molecule has 4 heteroatoms. The third kappa shape index (κ3) is 2.77. The highest BCUT2D eigenvalue weighted by atomic mass is 16.2. The van der Waals surface area contributed by atoms with E-state index in [-0.39, 0.29) is 23.9 Å². The predicted octanol–water partition coefficient (Wildman–Crippen LogP) is 1.94. The van der Waals surface area contributed by atoms with Crippen molar-refractivity contribution in [3.05, 3.63) is 0 Å². The van der Waals surface area contributed by atoms with Crippen molar-refractivity contribution < 1.29 is 9.59 Å². The van der Waals surface area contributed by atoms with Crippen molar-refractivity contribution in [2.45, 2.75) is 65.0 Å². The maximum absolute atomic E-state index is 12.5. The van der Waals surface area contributed by atoms with Crippen molar-refractivity contribution in [3.8, 4) is 0 Å². The van der Waals surface area contributed by atoms with E-state index < -0.39 is 0 Å². The minimum atomic E-state index is -0.313. The molecule has 1 aliphatic heterocycles. The van der Waals surface area contributed by atoms with Gasteiger partial charge in [0.15, 0.2) is 0 Å². The van der Waals surface area contributed by atoms with Crippen molar-refractivity contribution in [1.29, 1.82) is 0 Å². The van der Waals surface area contributed by atoms with E-state index in [9.17, 15) is 9.59 Å². The standard InChI is InChI=1S/C15H26N2O2/c1-4-12-15(19)17(13(5-2)14(18)16-12)9-11-8-6-7-10(11)3/h10-13H,4-9H2,1-3H3,(H,16,18). The first-order valence-corrected chi connectivity index (χ1v) is 7.69. The molecule has 4 atom stereocenters. The largest absolute Gasteiger partial charge is 0.343 e. The lowest BCUT2D eigenvalue weighted by Gasteiger charge is -2.40. The second kappa shape index (κ2) is 5.93. The Labute approximate surface area is 115 Å². The van der Waals surface area contributed by atoms with Gasteiger partial charge >= 0.3 is 0 Å². The number of amides is 2. The molecule has 19 heavy (non-hydrogen) atoms. The average molecular weight is 266 g/mol. The topological polar surface area (TPSA) is 49.4 Å². The van der Waals surface area contributed by atoms with Crippen LogP contribution >= 0.6 is 0 Å². The van der Waals surface area contributed by atoms with Crippen LogP contribution in [0.25, 0.3) is 0 Å². The number of hydrogen-bond donors (Lipinski definition) is 1. The van der Waals surface area contributed by atoms with Crippen LogP contribution in [0.3, 0.4) is 0 Å². The van der Waals surface area contributed by atoms with Gasteiger partial charge in [-0.05, 0) is 31.1 Å². The smallest absolute Gasteiger partial charge is 0.245 e. The molecule has 4 nitrogen and oxygen atoms in total. The van der Waals surface area contributed by atoms with E-state index in [1.54, 1.807) is 0 Å². The van der Waals surface area contributed by atoms with Crippen LogP contribution in [0.15, 0.2) is 0 Å². The molecule has 2 amide bonds. The molecule has 2 aliphatic rings. The van der Waals surface area contributed by atoms with Crippen LogP contribution in [-0.4, -0.2) is 35.3 Å². The number of nitrogens with zero attached hydrogens (tertiary/aromatic N) is 1. The van der Waals surface area contributed by atoms with Crippen molar-refractivity contribution >= 4 is 11.8 Å². The summed E-state index contributed by atoms with van der Waals surface area (Å²) in [7, 11) is 0. The van der Waals surface area contributed by atoms with Crippen LogP contribution in [0.2, 0.25) is 0 Å². The van der Waals surface area contributed by atoms with Gasteiger partial charge in [0.05, 0.1) is 0 Å². The lowest BCUT2D eigenvalue weighted by atomic mass is 9.94. The van der Waals surface area contributed by atoms with Gasteiger partial charge in [-0.1, -0.05) is 33.6 Å². The van der Waals surface area contributed by atoms with Gasteiger partial charge in [0, 0.05) is 6.54 Å². The third-order valence-corrected chi connectivity index (χ3v) is 4.84. The Kier molecular flexibility index (Phi) is 4.48. The maximum atomic E-state index is 12.5. The van der Waals surface area contributed by atoms with Crippen LogP contribution in [0.1, 0.15) is 52.9 Å². The lowest BCUT2D eigenvalue weighted by molar-refractivity contribution is -0.150. The van der Waals surface area contributed by atoms with E-state index >= 15 is 0 Å². The first-order chi connectivity index (χ1) is 9.08.